The van der Waals surface area contributed by atoms with Gasteiger partial charge in [-0.05, 0) is 22.4 Å². The molecule has 2 aromatic rings. The van der Waals surface area contributed by atoms with Crippen LogP contribution in [0.15, 0.2) is 14.5 Å². The zero-order valence-electron chi connectivity index (χ0n) is 12.2. The van der Waals surface area contributed by atoms with Gasteiger partial charge in [0, 0.05) is 23.8 Å². The van der Waals surface area contributed by atoms with Crippen LogP contribution in [-0.4, -0.2) is 19.2 Å². The highest BCUT2D eigenvalue weighted by atomic mass is 79.9. The summed E-state index contributed by atoms with van der Waals surface area (Å²) in [7, 11) is 0. The van der Waals surface area contributed by atoms with Crippen LogP contribution in [0.4, 0.5) is 0 Å². The quantitative estimate of drug-likeness (QED) is 0.760. The SMILES string of the molecule is CCCCc1ncn(Sc2nc(C(C)(C)C)c(Br)s2)n1. The molecule has 4 nitrogen and oxygen atoms in total. The van der Waals surface area contributed by atoms with E-state index in [1.54, 1.807) is 21.8 Å². The molecule has 0 aliphatic heterocycles. The van der Waals surface area contributed by atoms with Crippen LogP contribution in [0.2, 0.25) is 0 Å². The third kappa shape index (κ3) is 4.05. The number of hydrogen-bond donors (Lipinski definition) is 0. The fourth-order valence-electron chi connectivity index (χ4n) is 1.64. The van der Waals surface area contributed by atoms with E-state index in [1.165, 1.54) is 11.9 Å². The zero-order chi connectivity index (χ0) is 14.8. The molecular weight excluding hydrogens is 356 g/mol. The molecule has 0 aromatic carbocycles. The van der Waals surface area contributed by atoms with E-state index in [2.05, 4.69) is 53.7 Å². The van der Waals surface area contributed by atoms with Gasteiger partial charge in [-0.25, -0.2) is 9.97 Å². The van der Waals surface area contributed by atoms with Crippen molar-refractivity contribution < 1.29 is 0 Å². The summed E-state index contributed by atoms with van der Waals surface area (Å²) < 4.78 is 3.87. The van der Waals surface area contributed by atoms with Crippen LogP contribution < -0.4 is 0 Å². The van der Waals surface area contributed by atoms with E-state index in [1.807, 2.05) is 0 Å². The molecule has 0 N–H and O–H groups in total. The molecule has 0 radical (unpaired) electrons. The first-order valence-corrected chi connectivity index (χ1v) is 9.04. The first-order valence-electron chi connectivity index (χ1n) is 6.66. The summed E-state index contributed by atoms with van der Waals surface area (Å²) in [6.07, 6.45) is 5.00. The Balaban J connectivity index is 2.08. The summed E-state index contributed by atoms with van der Waals surface area (Å²) in [5.41, 5.74) is 1.14. The van der Waals surface area contributed by atoms with Crippen molar-refractivity contribution in [3.8, 4) is 0 Å². The van der Waals surface area contributed by atoms with E-state index < -0.39 is 0 Å². The highest BCUT2D eigenvalue weighted by Crippen LogP contribution is 2.37. The predicted octanol–water partition coefficient (Wildman–Crippen LogP) is 4.69. The Labute approximate surface area is 136 Å². The highest BCUT2D eigenvalue weighted by molar-refractivity contribution is 9.11. The third-order valence-electron chi connectivity index (χ3n) is 2.72. The summed E-state index contributed by atoms with van der Waals surface area (Å²) >= 11 is 6.76. The van der Waals surface area contributed by atoms with Crippen molar-refractivity contribution in [2.24, 2.45) is 0 Å². The molecule has 110 valence electrons. The molecule has 0 bridgehead atoms. The fourth-order valence-corrected chi connectivity index (χ4v) is 4.99. The smallest absolute Gasteiger partial charge is 0.173 e. The monoisotopic (exact) mass is 374 g/mol. The second kappa shape index (κ2) is 6.58. The van der Waals surface area contributed by atoms with Crippen LogP contribution >= 0.6 is 39.2 Å². The standard InChI is InChI=1S/C13H19BrN4S2/c1-5-6-7-9-15-8-18(17-9)20-12-16-10(11(14)19-12)13(2,3)4/h8H,5-7H2,1-4H3. The van der Waals surface area contributed by atoms with Crippen LogP contribution in [0.5, 0.6) is 0 Å². The average molecular weight is 375 g/mol. The lowest BCUT2D eigenvalue weighted by Gasteiger charge is -2.15. The first kappa shape index (κ1) is 16.0. The minimum absolute atomic E-state index is 0.0444. The molecule has 0 aliphatic carbocycles. The normalized spacial score (nSPS) is 12.1. The third-order valence-corrected chi connectivity index (χ3v) is 5.31. The summed E-state index contributed by atoms with van der Waals surface area (Å²) in [6.45, 7) is 8.67. The molecule has 2 aromatic heterocycles. The second-order valence-corrected chi connectivity index (χ2v) is 9.13. The lowest BCUT2D eigenvalue weighted by molar-refractivity contribution is 0.566. The summed E-state index contributed by atoms with van der Waals surface area (Å²) in [4.78, 5) is 9.02. The molecular formula is C13H19BrN4S2. The molecule has 0 atom stereocenters. The van der Waals surface area contributed by atoms with Crippen molar-refractivity contribution in [2.45, 2.75) is 56.7 Å². The molecule has 7 heteroatoms. The van der Waals surface area contributed by atoms with Crippen molar-refractivity contribution in [1.82, 2.24) is 19.2 Å². The molecule has 2 heterocycles. The lowest BCUT2D eigenvalue weighted by Crippen LogP contribution is -2.12. The van der Waals surface area contributed by atoms with Crippen LogP contribution in [-0.2, 0) is 11.8 Å². The Bertz CT molecular complexity index is 571. The maximum absolute atomic E-state index is 4.69. The second-order valence-electron chi connectivity index (χ2n) is 5.61. The van der Waals surface area contributed by atoms with E-state index in [9.17, 15) is 0 Å². The number of aromatic nitrogens is 4. The number of unbranched alkanes of at least 4 members (excludes halogenated alkanes) is 1. The Kier molecular flexibility index (Phi) is 5.25. The molecule has 0 saturated carbocycles. The first-order chi connectivity index (χ1) is 9.40. The van der Waals surface area contributed by atoms with Gasteiger partial charge >= 0.3 is 0 Å². The zero-order valence-corrected chi connectivity index (χ0v) is 15.4. The van der Waals surface area contributed by atoms with Gasteiger partial charge in [-0.1, -0.05) is 45.5 Å². The lowest BCUT2D eigenvalue weighted by atomic mass is 9.93. The number of halogens is 1. The Morgan fingerprint density at radius 2 is 2.15 bits per heavy atom. The summed E-state index contributed by atoms with van der Waals surface area (Å²) in [5, 5.41) is 4.46. The van der Waals surface area contributed by atoms with Crippen molar-refractivity contribution in [3.63, 3.8) is 0 Å². The number of nitrogens with zero attached hydrogens (tertiary/aromatic N) is 4. The number of rotatable bonds is 5. The van der Waals surface area contributed by atoms with Crippen LogP contribution in [0.3, 0.4) is 0 Å². The van der Waals surface area contributed by atoms with Crippen LogP contribution in [0.25, 0.3) is 0 Å². The minimum Gasteiger partial charge on any atom is -0.231 e. The largest absolute Gasteiger partial charge is 0.231 e. The van der Waals surface area contributed by atoms with Gasteiger partial charge in [0.05, 0.1) is 9.48 Å². The van der Waals surface area contributed by atoms with Crippen LogP contribution in [0.1, 0.15) is 52.1 Å². The maximum Gasteiger partial charge on any atom is 0.173 e. The summed E-state index contributed by atoms with van der Waals surface area (Å²) in [5.74, 6) is 0.908. The average Bonchev–Trinajstić information content (AvgIpc) is 2.93. The van der Waals surface area contributed by atoms with Gasteiger partial charge in [-0.3, -0.25) is 0 Å². The van der Waals surface area contributed by atoms with Gasteiger partial charge in [0.25, 0.3) is 0 Å². The number of hydrogen-bond acceptors (Lipinski definition) is 5. The molecule has 0 unspecified atom stereocenters. The Hall–Kier alpha value is -0.400. The van der Waals surface area contributed by atoms with Gasteiger partial charge in [0.1, 0.15) is 6.33 Å². The van der Waals surface area contributed by atoms with E-state index in [4.69, 9.17) is 4.98 Å². The van der Waals surface area contributed by atoms with Crippen molar-refractivity contribution in [3.05, 3.63) is 21.6 Å². The van der Waals surface area contributed by atoms with Gasteiger partial charge in [0.2, 0.25) is 0 Å². The molecule has 0 spiro atoms. The minimum atomic E-state index is 0.0444. The van der Waals surface area contributed by atoms with Crippen molar-refractivity contribution in [1.29, 1.82) is 0 Å². The molecule has 0 saturated heterocycles. The Morgan fingerprint density at radius 1 is 1.40 bits per heavy atom. The van der Waals surface area contributed by atoms with Crippen molar-refractivity contribution >= 4 is 39.2 Å². The molecule has 20 heavy (non-hydrogen) atoms. The predicted molar refractivity (Wildman–Crippen MR) is 88.4 cm³/mol. The summed E-state index contributed by atoms with van der Waals surface area (Å²) in [6, 6.07) is 0. The number of thiazole rings is 1. The molecule has 2 rings (SSSR count). The number of aryl methyl sites for hydroxylation is 1. The molecule has 0 aliphatic rings. The van der Waals surface area contributed by atoms with E-state index in [-0.39, 0.29) is 5.41 Å². The van der Waals surface area contributed by atoms with Gasteiger partial charge < -0.3 is 0 Å². The highest BCUT2D eigenvalue weighted by Gasteiger charge is 2.22. The van der Waals surface area contributed by atoms with Gasteiger partial charge in [-0.15, -0.1) is 5.10 Å². The fraction of sp³-hybridized carbons (Fsp3) is 0.615. The van der Waals surface area contributed by atoms with Crippen LogP contribution in [0, 0.1) is 0 Å². The van der Waals surface area contributed by atoms with E-state index >= 15 is 0 Å². The van der Waals surface area contributed by atoms with Gasteiger partial charge in [0.15, 0.2) is 10.2 Å². The molecule has 0 amide bonds. The Morgan fingerprint density at radius 3 is 2.75 bits per heavy atom. The topological polar surface area (TPSA) is 43.6 Å². The van der Waals surface area contributed by atoms with E-state index in [0.29, 0.717) is 0 Å². The van der Waals surface area contributed by atoms with Crippen molar-refractivity contribution in [2.75, 3.05) is 0 Å². The van der Waals surface area contributed by atoms with E-state index in [0.717, 1.165) is 38.9 Å². The molecule has 0 fully saturated rings. The van der Waals surface area contributed by atoms with Gasteiger partial charge in [-0.2, -0.15) is 4.09 Å². The maximum atomic E-state index is 4.69.